The van der Waals surface area contributed by atoms with E-state index in [0.717, 1.165) is 0 Å². The summed E-state index contributed by atoms with van der Waals surface area (Å²) in [6.45, 7) is 0. The topological polar surface area (TPSA) is 101 Å². The summed E-state index contributed by atoms with van der Waals surface area (Å²) in [6, 6.07) is 1.80. The van der Waals surface area contributed by atoms with Crippen molar-refractivity contribution in [2.45, 2.75) is 0 Å². The molecule has 1 aromatic rings. The molecule has 0 fully saturated rings. The molecule has 5 N–H and O–H groups in total. The van der Waals surface area contributed by atoms with E-state index in [1.54, 1.807) is 6.07 Å². The number of phenols is 5. The van der Waals surface area contributed by atoms with Gasteiger partial charge in [-0.05, 0) is 0 Å². The number of phenolic OH excluding ortho intramolecular Hbond substituents is 5. The Bertz CT molecular complexity index is 267. The van der Waals surface area contributed by atoms with Crippen LogP contribution in [0.2, 0.25) is 0 Å². The van der Waals surface area contributed by atoms with Crippen molar-refractivity contribution in [2.24, 2.45) is 0 Å². The fourth-order valence-electron chi connectivity index (χ4n) is 0.567. The molecular weight excluding hydrogens is 152 g/mol. The van der Waals surface area contributed by atoms with E-state index in [1.807, 2.05) is 0 Å². The Morgan fingerprint density at radius 3 is 1.36 bits per heavy atom. The summed E-state index contributed by atoms with van der Waals surface area (Å²) in [6.07, 6.45) is 0. The van der Waals surface area contributed by atoms with Gasteiger partial charge >= 0.3 is 0 Å². The Kier molecular flexibility index (Phi) is 1.41. The fourth-order valence-corrected chi connectivity index (χ4v) is 0.567. The first-order valence-electron chi connectivity index (χ1n) is 2.62. The zero-order valence-electron chi connectivity index (χ0n) is 5.24. The monoisotopic (exact) mass is 157 g/mol. The zero-order chi connectivity index (χ0) is 8.59. The Balaban J connectivity index is 3.46. The summed E-state index contributed by atoms with van der Waals surface area (Å²) in [5.41, 5.74) is 0. The van der Waals surface area contributed by atoms with Crippen molar-refractivity contribution in [1.29, 1.82) is 0 Å². The smallest absolute Gasteiger partial charge is 0.208 e. The molecule has 0 saturated heterocycles. The number of hydrogen-bond donors (Lipinski definition) is 5. The molecule has 0 aromatic heterocycles. The number of rotatable bonds is 0. The van der Waals surface area contributed by atoms with Crippen molar-refractivity contribution >= 4 is 0 Å². The van der Waals surface area contributed by atoms with Gasteiger partial charge in [-0.1, -0.05) is 0 Å². The minimum atomic E-state index is -0.973. The third-order valence-corrected chi connectivity index (χ3v) is 1.13. The number of benzene rings is 1. The van der Waals surface area contributed by atoms with Gasteiger partial charge in [0.05, 0.1) is 6.07 Å². The quantitative estimate of drug-likeness (QED) is 0.270. The van der Waals surface area contributed by atoms with Gasteiger partial charge in [-0.25, -0.2) is 0 Å². The van der Waals surface area contributed by atoms with Crippen LogP contribution in [0.15, 0.2) is 0 Å². The number of aromatic hydroxyl groups is 5. The van der Waals surface area contributed by atoms with Crippen molar-refractivity contribution < 1.29 is 25.5 Å². The second kappa shape index (κ2) is 2.12. The molecule has 11 heavy (non-hydrogen) atoms. The summed E-state index contributed by atoms with van der Waals surface area (Å²) >= 11 is 0. The third kappa shape index (κ3) is 0.958. The Morgan fingerprint density at radius 1 is 0.636 bits per heavy atom. The summed E-state index contributed by atoms with van der Waals surface area (Å²) in [4.78, 5) is 0. The SMILES string of the molecule is Oc1[c]c(O)c(O)c(O)c1O. The highest BCUT2D eigenvalue weighted by molar-refractivity contribution is 5.61. The van der Waals surface area contributed by atoms with Crippen molar-refractivity contribution in [3.63, 3.8) is 0 Å². The molecule has 0 spiro atoms. The molecule has 59 valence electrons. The van der Waals surface area contributed by atoms with Gasteiger partial charge in [0.1, 0.15) is 0 Å². The van der Waals surface area contributed by atoms with Gasteiger partial charge in [-0.3, -0.25) is 0 Å². The molecular formula is C6H5O5. The van der Waals surface area contributed by atoms with Crippen molar-refractivity contribution in [1.82, 2.24) is 0 Å². The Labute approximate surface area is 61.4 Å². The molecule has 1 aromatic carbocycles. The van der Waals surface area contributed by atoms with E-state index in [4.69, 9.17) is 25.5 Å². The molecule has 0 unspecified atom stereocenters. The van der Waals surface area contributed by atoms with Crippen LogP contribution in [-0.4, -0.2) is 25.5 Å². The van der Waals surface area contributed by atoms with Gasteiger partial charge < -0.3 is 25.5 Å². The molecule has 0 saturated carbocycles. The van der Waals surface area contributed by atoms with E-state index in [0.29, 0.717) is 0 Å². The normalized spacial score (nSPS) is 9.82. The first-order valence-corrected chi connectivity index (χ1v) is 2.62. The van der Waals surface area contributed by atoms with E-state index < -0.39 is 28.7 Å². The van der Waals surface area contributed by atoms with Gasteiger partial charge in [0.15, 0.2) is 11.5 Å². The van der Waals surface area contributed by atoms with Gasteiger partial charge in [0, 0.05) is 0 Å². The maximum Gasteiger partial charge on any atom is 0.208 e. The predicted octanol–water partition coefficient (Wildman–Crippen LogP) is 0.0148. The highest BCUT2D eigenvalue weighted by Crippen LogP contribution is 2.46. The largest absolute Gasteiger partial charge is 0.504 e. The molecule has 0 aliphatic heterocycles. The molecule has 1 rings (SSSR count). The van der Waals surface area contributed by atoms with Crippen LogP contribution in [0.5, 0.6) is 28.7 Å². The van der Waals surface area contributed by atoms with E-state index in [9.17, 15) is 0 Å². The molecule has 0 amide bonds. The molecule has 5 heteroatoms. The average molecular weight is 157 g/mol. The zero-order valence-corrected chi connectivity index (χ0v) is 5.24. The lowest BCUT2D eigenvalue weighted by Gasteiger charge is -2.03. The van der Waals surface area contributed by atoms with E-state index in [1.165, 1.54) is 0 Å². The summed E-state index contributed by atoms with van der Waals surface area (Å²) in [5.74, 6) is -4.45. The molecule has 0 heterocycles. The van der Waals surface area contributed by atoms with Crippen molar-refractivity contribution in [3.05, 3.63) is 6.07 Å². The van der Waals surface area contributed by atoms with Crippen molar-refractivity contribution in [2.75, 3.05) is 0 Å². The molecule has 0 atom stereocenters. The molecule has 5 nitrogen and oxygen atoms in total. The van der Waals surface area contributed by atoms with Gasteiger partial charge in [-0.2, -0.15) is 0 Å². The predicted molar refractivity (Wildman–Crippen MR) is 33.6 cm³/mol. The van der Waals surface area contributed by atoms with E-state index in [2.05, 4.69) is 0 Å². The maximum atomic E-state index is 8.73. The van der Waals surface area contributed by atoms with Crippen LogP contribution in [0, 0.1) is 6.07 Å². The van der Waals surface area contributed by atoms with Crippen LogP contribution in [0.25, 0.3) is 0 Å². The molecule has 0 aliphatic rings. The van der Waals surface area contributed by atoms with Crippen LogP contribution < -0.4 is 0 Å². The average Bonchev–Trinajstić information content (AvgIpc) is 1.97. The van der Waals surface area contributed by atoms with Crippen LogP contribution in [0.4, 0.5) is 0 Å². The lowest BCUT2D eigenvalue weighted by atomic mass is 10.2. The van der Waals surface area contributed by atoms with Gasteiger partial charge in [0.2, 0.25) is 17.2 Å². The van der Waals surface area contributed by atoms with Crippen LogP contribution in [0.3, 0.4) is 0 Å². The molecule has 1 radical (unpaired) electrons. The highest BCUT2D eigenvalue weighted by Gasteiger charge is 2.15. The first-order chi connectivity index (χ1) is 5.04. The summed E-state index contributed by atoms with van der Waals surface area (Å²) in [5, 5.41) is 43.5. The number of hydrogen-bond acceptors (Lipinski definition) is 5. The minimum Gasteiger partial charge on any atom is -0.504 e. The molecule has 0 bridgehead atoms. The van der Waals surface area contributed by atoms with Crippen LogP contribution in [-0.2, 0) is 0 Å². The van der Waals surface area contributed by atoms with E-state index >= 15 is 0 Å². The highest BCUT2D eigenvalue weighted by atomic mass is 16.4. The van der Waals surface area contributed by atoms with Crippen LogP contribution in [0.1, 0.15) is 0 Å². The lowest BCUT2D eigenvalue weighted by Crippen LogP contribution is -1.74. The van der Waals surface area contributed by atoms with E-state index in [-0.39, 0.29) is 0 Å². The van der Waals surface area contributed by atoms with Crippen LogP contribution >= 0.6 is 0 Å². The Morgan fingerprint density at radius 2 is 1.00 bits per heavy atom. The third-order valence-electron chi connectivity index (χ3n) is 1.13. The minimum absolute atomic E-state index is 0.821. The summed E-state index contributed by atoms with van der Waals surface area (Å²) < 4.78 is 0. The second-order valence-electron chi connectivity index (χ2n) is 1.87. The Hall–Kier alpha value is -1.78. The standard InChI is InChI=1S/C6H5O5/c7-2-1-3(8)5(10)6(11)4(2)9/h7-11H. The first kappa shape index (κ1) is 7.33. The maximum absolute atomic E-state index is 8.73. The lowest BCUT2D eigenvalue weighted by molar-refractivity contribution is 0.327. The van der Waals surface area contributed by atoms with Crippen molar-refractivity contribution in [3.8, 4) is 28.7 Å². The molecule has 0 aliphatic carbocycles. The van der Waals surface area contributed by atoms with Gasteiger partial charge in [0.25, 0.3) is 0 Å². The fraction of sp³-hybridized carbons (Fsp3) is 0. The summed E-state index contributed by atoms with van der Waals surface area (Å²) in [7, 11) is 0. The second-order valence-corrected chi connectivity index (χ2v) is 1.87. The van der Waals surface area contributed by atoms with Gasteiger partial charge in [-0.15, -0.1) is 0 Å².